The lowest BCUT2D eigenvalue weighted by atomic mass is 10.1. The van der Waals surface area contributed by atoms with Crippen molar-refractivity contribution < 1.29 is 4.74 Å². The molecule has 2 heterocycles. The average Bonchev–Trinajstić information content (AvgIpc) is 3.03. The molecule has 0 N–H and O–H groups in total. The van der Waals surface area contributed by atoms with Gasteiger partial charge in [-0.05, 0) is 30.4 Å². The van der Waals surface area contributed by atoms with Crippen LogP contribution < -0.4 is 5.56 Å². The Morgan fingerprint density at radius 2 is 2.09 bits per heavy atom. The molecule has 0 saturated carbocycles. The monoisotopic (exact) mass is 311 g/mol. The van der Waals surface area contributed by atoms with Gasteiger partial charge in [0.25, 0.3) is 5.56 Å². The molecule has 1 aromatic heterocycles. The predicted octanol–water partition coefficient (Wildman–Crippen LogP) is 1.76. The third-order valence-corrected chi connectivity index (χ3v) is 4.68. The van der Waals surface area contributed by atoms with Gasteiger partial charge in [0, 0.05) is 19.2 Å². The summed E-state index contributed by atoms with van der Waals surface area (Å²) in [6.45, 7) is 2.84. The number of fused-ring (bicyclic) bond motifs is 1. The predicted molar refractivity (Wildman–Crippen MR) is 87.2 cm³/mol. The van der Waals surface area contributed by atoms with Gasteiger partial charge in [0.2, 0.25) is 0 Å². The summed E-state index contributed by atoms with van der Waals surface area (Å²) in [6, 6.07) is 12.0. The van der Waals surface area contributed by atoms with Crippen LogP contribution in [0, 0.1) is 0 Å². The molecule has 0 spiro atoms. The molecule has 5 nitrogen and oxygen atoms in total. The zero-order valence-electron chi connectivity index (χ0n) is 13.1. The van der Waals surface area contributed by atoms with Crippen molar-refractivity contribution in [1.29, 1.82) is 0 Å². The van der Waals surface area contributed by atoms with Crippen molar-refractivity contribution in [2.75, 3.05) is 19.7 Å². The number of rotatable bonds is 3. The highest BCUT2D eigenvalue weighted by Gasteiger charge is 2.23. The fraction of sp³-hybridized carbons (Fsp3) is 0.444. The second-order valence-electron chi connectivity index (χ2n) is 6.30. The summed E-state index contributed by atoms with van der Waals surface area (Å²) in [5, 5.41) is 4.57. The number of hydrogen-bond acceptors (Lipinski definition) is 4. The maximum atomic E-state index is 12.2. The lowest BCUT2D eigenvalue weighted by Crippen LogP contribution is -2.42. The van der Waals surface area contributed by atoms with Crippen LogP contribution in [0.3, 0.4) is 0 Å². The Balaban J connectivity index is 1.50. The van der Waals surface area contributed by atoms with Crippen molar-refractivity contribution in [3.63, 3.8) is 0 Å². The van der Waals surface area contributed by atoms with Crippen molar-refractivity contribution in [2.24, 2.45) is 0 Å². The minimum atomic E-state index is 0.00778. The average molecular weight is 311 g/mol. The van der Waals surface area contributed by atoms with E-state index in [0.29, 0.717) is 13.3 Å². The van der Waals surface area contributed by atoms with Crippen LogP contribution in [0.25, 0.3) is 0 Å². The van der Waals surface area contributed by atoms with Gasteiger partial charge >= 0.3 is 0 Å². The van der Waals surface area contributed by atoms with Crippen LogP contribution in [0.4, 0.5) is 0 Å². The van der Waals surface area contributed by atoms with E-state index < -0.39 is 0 Å². The lowest BCUT2D eigenvalue weighted by Gasteiger charge is -2.33. The van der Waals surface area contributed by atoms with Crippen molar-refractivity contribution in [2.45, 2.75) is 32.0 Å². The molecule has 1 atom stereocenters. The molecule has 0 amide bonds. The Morgan fingerprint density at radius 3 is 2.96 bits per heavy atom. The second kappa shape index (κ2) is 6.26. The highest BCUT2D eigenvalue weighted by molar-refractivity contribution is 5.22. The fourth-order valence-electron chi connectivity index (χ4n) is 3.43. The van der Waals surface area contributed by atoms with Crippen LogP contribution in [-0.2, 0) is 24.2 Å². The number of morpholine rings is 1. The molecule has 120 valence electrons. The molecule has 5 heteroatoms. The summed E-state index contributed by atoms with van der Waals surface area (Å²) < 4.78 is 7.50. The zero-order chi connectivity index (χ0) is 15.6. The summed E-state index contributed by atoms with van der Waals surface area (Å²) in [4.78, 5) is 14.5. The normalized spacial score (nSPS) is 21.3. The maximum Gasteiger partial charge on any atom is 0.268 e. The third-order valence-electron chi connectivity index (χ3n) is 4.68. The summed E-state index contributed by atoms with van der Waals surface area (Å²) in [5.74, 6) is 0. The van der Waals surface area contributed by atoms with Crippen LogP contribution in [0.15, 0.2) is 41.2 Å². The number of ether oxygens (including phenoxy) is 1. The van der Waals surface area contributed by atoms with Gasteiger partial charge in [-0.1, -0.05) is 30.3 Å². The van der Waals surface area contributed by atoms with E-state index in [1.807, 2.05) is 18.2 Å². The van der Waals surface area contributed by atoms with Crippen LogP contribution in [0.2, 0.25) is 0 Å². The molecular weight excluding hydrogens is 290 g/mol. The Labute approximate surface area is 135 Å². The number of aromatic nitrogens is 2. The number of aryl methyl sites for hydroxylation is 2. The van der Waals surface area contributed by atoms with Gasteiger partial charge in [0.1, 0.15) is 0 Å². The Hall–Kier alpha value is -1.98. The summed E-state index contributed by atoms with van der Waals surface area (Å²) in [6.07, 6.45) is 3.16. The smallest absolute Gasteiger partial charge is 0.268 e. The molecule has 1 saturated heterocycles. The molecule has 4 rings (SSSR count). The van der Waals surface area contributed by atoms with Gasteiger partial charge in [-0.15, -0.1) is 0 Å². The van der Waals surface area contributed by atoms with Crippen LogP contribution >= 0.6 is 0 Å². The molecule has 0 bridgehead atoms. The number of hydrogen-bond donors (Lipinski definition) is 0. The first-order valence-electron chi connectivity index (χ1n) is 8.28. The van der Waals surface area contributed by atoms with Gasteiger partial charge in [-0.3, -0.25) is 9.69 Å². The van der Waals surface area contributed by atoms with Gasteiger partial charge in [0.05, 0.1) is 25.1 Å². The Morgan fingerprint density at radius 1 is 1.22 bits per heavy atom. The van der Waals surface area contributed by atoms with Gasteiger partial charge in [-0.2, -0.15) is 5.10 Å². The highest BCUT2D eigenvalue weighted by atomic mass is 16.5. The van der Waals surface area contributed by atoms with Gasteiger partial charge < -0.3 is 4.74 Å². The molecule has 1 aliphatic heterocycles. The summed E-state index contributed by atoms with van der Waals surface area (Å²) >= 11 is 0. The lowest BCUT2D eigenvalue weighted by molar-refractivity contribution is -0.0422. The standard InChI is InChI=1S/C18H21N3O2/c22-18-11-15-7-4-8-16(15)19-21(18)13-20-9-10-23-17(12-20)14-5-2-1-3-6-14/h1-3,5-6,11,17H,4,7-10,12-13H2/t17-/m1/s1. The van der Waals surface area contributed by atoms with Gasteiger partial charge in [-0.25, -0.2) is 4.68 Å². The topological polar surface area (TPSA) is 47.4 Å². The second-order valence-corrected chi connectivity index (χ2v) is 6.30. The molecule has 0 unspecified atom stereocenters. The van der Waals surface area contributed by atoms with Crippen LogP contribution in [0.1, 0.15) is 29.3 Å². The van der Waals surface area contributed by atoms with E-state index in [4.69, 9.17) is 4.74 Å². The quantitative estimate of drug-likeness (QED) is 0.867. The Kier molecular flexibility index (Phi) is 3.97. The molecule has 2 aromatic rings. The first kappa shape index (κ1) is 14.6. The Bertz CT molecular complexity index is 742. The van der Waals surface area contributed by atoms with E-state index in [2.05, 4.69) is 22.1 Å². The van der Waals surface area contributed by atoms with Crippen LogP contribution in [-0.4, -0.2) is 34.4 Å². The maximum absolute atomic E-state index is 12.2. The SMILES string of the molecule is O=c1cc2c(nn1CN1CCO[C@@H](c3ccccc3)C1)CCC2. The van der Waals surface area contributed by atoms with Crippen molar-refractivity contribution in [3.8, 4) is 0 Å². The molecule has 0 radical (unpaired) electrons. The molecule has 1 fully saturated rings. The minimum absolute atomic E-state index is 0.00778. The van der Waals surface area contributed by atoms with E-state index >= 15 is 0 Å². The molecule has 1 aromatic carbocycles. The van der Waals surface area contributed by atoms with Gasteiger partial charge in [0.15, 0.2) is 0 Å². The summed E-state index contributed by atoms with van der Waals surface area (Å²) in [7, 11) is 0. The number of nitrogens with zero attached hydrogens (tertiary/aromatic N) is 3. The van der Waals surface area contributed by atoms with E-state index in [1.54, 1.807) is 10.7 Å². The molecular formula is C18H21N3O2. The van der Waals surface area contributed by atoms with E-state index in [0.717, 1.165) is 43.6 Å². The van der Waals surface area contributed by atoms with Crippen molar-refractivity contribution >= 4 is 0 Å². The van der Waals surface area contributed by atoms with Crippen LogP contribution in [0.5, 0.6) is 0 Å². The third kappa shape index (κ3) is 3.07. The van der Waals surface area contributed by atoms with Crippen molar-refractivity contribution in [1.82, 2.24) is 14.7 Å². The first-order chi connectivity index (χ1) is 11.3. The van der Waals surface area contributed by atoms with E-state index in [1.165, 1.54) is 5.56 Å². The summed E-state index contributed by atoms with van der Waals surface area (Å²) in [5.41, 5.74) is 3.42. The number of benzene rings is 1. The molecule has 2 aliphatic rings. The first-order valence-corrected chi connectivity index (χ1v) is 8.28. The minimum Gasteiger partial charge on any atom is -0.371 e. The zero-order valence-corrected chi connectivity index (χ0v) is 13.1. The molecule has 1 aliphatic carbocycles. The van der Waals surface area contributed by atoms with Crippen molar-refractivity contribution in [3.05, 3.63) is 63.6 Å². The van der Waals surface area contributed by atoms with E-state index in [-0.39, 0.29) is 11.7 Å². The molecule has 23 heavy (non-hydrogen) atoms. The largest absolute Gasteiger partial charge is 0.371 e. The fourth-order valence-corrected chi connectivity index (χ4v) is 3.43. The highest BCUT2D eigenvalue weighted by Crippen LogP contribution is 2.22. The van der Waals surface area contributed by atoms with E-state index in [9.17, 15) is 4.79 Å².